The van der Waals surface area contributed by atoms with Crippen LogP contribution in [-0.4, -0.2) is 18.7 Å². The molecule has 0 radical (unpaired) electrons. The van der Waals surface area contributed by atoms with Crippen LogP contribution in [0.4, 0.5) is 0 Å². The third-order valence-electron chi connectivity index (χ3n) is 3.10. The van der Waals surface area contributed by atoms with Gasteiger partial charge in [0.1, 0.15) is 0 Å². The normalized spacial score (nSPS) is 11.2. The van der Waals surface area contributed by atoms with Crippen LogP contribution in [0.25, 0.3) is 0 Å². The van der Waals surface area contributed by atoms with Gasteiger partial charge in [-0.2, -0.15) is 0 Å². The number of aryl methyl sites for hydroxylation is 1. The molecule has 0 bridgehead atoms. The van der Waals surface area contributed by atoms with Crippen molar-refractivity contribution in [1.29, 1.82) is 0 Å². The lowest BCUT2D eigenvalue weighted by atomic mass is 10.3. The highest BCUT2D eigenvalue weighted by molar-refractivity contribution is 5.02. The van der Waals surface area contributed by atoms with E-state index >= 15 is 0 Å². The molecule has 0 fully saturated rings. The Hall–Kier alpha value is -2.11. The number of imidazole rings is 1. The lowest BCUT2D eigenvalue weighted by Gasteiger charge is -2.13. The molecular weight excluding hydrogens is 244 g/mol. The molecule has 0 N–H and O–H groups in total. The van der Waals surface area contributed by atoms with Gasteiger partial charge in [-0.3, -0.25) is 9.36 Å². The maximum absolute atomic E-state index is 12.1. The summed E-state index contributed by atoms with van der Waals surface area (Å²) in [5.74, 6) is 0. The molecule has 0 saturated heterocycles. The first-order valence-corrected chi connectivity index (χ1v) is 6.35. The molecule has 102 valence electrons. The van der Waals surface area contributed by atoms with Gasteiger partial charge in [0.05, 0.1) is 18.6 Å². The molecule has 0 spiro atoms. The predicted molar refractivity (Wildman–Crippen MR) is 72.4 cm³/mol. The largest absolute Gasteiger partial charge is 0.331 e. The number of aromatic nitrogens is 4. The lowest BCUT2D eigenvalue weighted by molar-refractivity contribution is 0.536. The first-order valence-electron chi connectivity index (χ1n) is 6.35. The van der Waals surface area contributed by atoms with E-state index in [0.29, 0.717) is 6.54 Å². The van der Waals surface area contributed by atoms with Crippen molar-refractivity contribution in [2.24, 2.45) is 0 Å². The zero-order chi connectivity index (χ0) is 14.0. The van der Waals surface area contributed by atoms with Gasteiger partial charge in [0.2, 0.25) is 0 Å². The van der Waals surface area contributed by atoms with Crippen molar-refractivity contribution in [3.8, 4) is 0 Å². The summed E-state index contributed by atoms with van der Waals surface area (Å²) in [6.45, 7) is 6.72. The third-order valence-corrected chi connectivity index (χ3v) is 3.10. The maximum Gasteiger partial charge on any atom is 0.331 e. The van der Waals surface area contributed by atoms with Crippen molar-refractivity contribution >= 4 is 0 Å². The molecule has 0 aliphatic rings. The van der Waals surface area contributed by atoms with Gasteiger partial charge in [-0.05, 0) is 20.8 Å². The zero-order valence-electron chi connectivity index (χ0n) is 11.4. The Bertz CT molecular complexity index is 678. The number of nitrogens with zero attached hydrogens (tertiary/aromatic N) is 4. The SMILES string of the molecule is CCn1ccc(=O)n(Cc2cncn2C(C)C)c1=O. The van der Waals surface area contributed by atoms with Crippen LogP contribution < -0.4 is 11.2 Å². The summed E-state index contributed by atoms with van der Waals surface area (Å²) in [4.78, 5) is 28.0. The van der Waals surface area contributed by atoms with Gasteiger partial charge in [-0.1, -0.05) is 0 Å². The van der Waals surface area contributed by atoms with Crippen molar-refractivity contribution in [2.45, 2.75) is 39.9 Å². The second kappa shape index (κ2) is 5.26. The molecule has 0 aliphatic carbocycles. The Kier molecular flexibility index (Phi) is 3.69. The van der Waals surface area contributed by atoms with Crippen LogP contribution in [0.15, 0.2) is 34.4 Å². The molecule has 6 nitrogen and oxygen atoms in total. The molecule has 2 rings (SSSR count). The fourth-order valence-electron chi connectivity index (χ4n) is 2.02. The second-order valence-corrected chi connectivity index (χ2v) is 4.69. The van der Waals surface area contributed by atoms with Crippen LogP contribution >= 0.6 is 0 Å². The molecular formula is C13H18N4O2. The van der Waals surface area contributed by atoms with Gasteiger partial charge in [0, 0.05) is 31.0 Å². The number of hydrogen-bond donors (Lipinski definition) is 0. The van der Waals surface area contributed by atoms with Gasteiger partial charge in [0.25, 0.3) is 5.56 Å². The topological polar surface area (TPSA) is 61.8 Å². The smallest absolute Gasteiger partial charge is 0.330 e. The summed E-state index contributed by atoms with van der Waals surface area (Å²) in [5, 5.41) is 0. The molecule has 0 amide bonds. The molecule has 0 aromatic carbocycles. The fraction of sp³-hybridized carbons (Fsp3) is 0.462. The molecule has 2 heterocycles. The molecule has 2 aromatic heterocycles. The third kappa shape index (κ3) is 2.52. The summed E-state index contributed by atoms with van der Waals surface area (Å²) in [7, 11) is 0. The fourth-order valence-corrected chi connectivity index (χ4v) is 2.02. The van der Waals surface area contributed by atoms with Crippen molar-refractivity contribution in [2.75, 3.05) is 0 Å². The average Bonchev–Trinajstić information content (AvgIpc) is 2.83. The molecule has 0 aliphatic heterocycles. The molecule has 6 heteroatoms. The highest BCUT2D eigenvalue weighted by Gasteiger charge is 2.10. The Morgan fingerprint density at radius 1 is 1.32 bits per heavy atom. The van der Waals surface area contributed by atoms with Crippen LogP contribution in [-0.2, 0) is 13.1 Å². The zero-order valence-corrected chi connectivity index (χ0v) is 11.4. The summed E-state index contributed by atoms with van der Waals surface area (Å²) in [6.07, 6.45) is 4.93. The average molecular weight is 262 g/mol. The summed E-state index contributed by atoms with van der Waals surface area (Å²) in [5.41, 5.74) is 0.278. The van der Waals surface area contributed by atoms with E-state index in [1.54, 1.807) is 12.5 Å². The second-order valence-electron chi connectivity index (χ2n) is 4.69. The minimum Gasteiger partial charge on any atom is -0.330 e. The molecule has 19 heavy (non-hydrogen) atoms. The van der Waals surface area contributed by atoms with Gasteiger partial charge in [-0.15, -0.1) is 0 Å². The first kappa shape index (κ1) is 13.3. The van der Waals surface area contributed by atoms with Crippen LogP contribution in [0.1, 0.15) is 32.5 Å². The monoisotopic (exact) mass is 262 g/mol. The summed E-state index contributed by atoms with van der Waals surface area (Å²) >= 11 is 0. The van der Waals surface area contributed by atoms with E-state index in [-0.39, 0.29) is 23.8 Å². The van der Waals surface area contributed by atoms with Crippen molar-refractivity contribution < 1.29 is 0 Å². The summed E-state index contributed by atoms with van der Waals surface area (Å²) < 4.78 is 4.70. The molecule has 0 saturated carbocycles. The van der Waals surface area contributed by atoms with Gasteiger partial charge in [0.15, 0.2) is 0 Å². The van der Waals surface area contributed by atoms with E-state index in [2.05, 4.69) is 4.98 Å². The molecule has 0 atom stereocenters. The summed E-state index contributed by atoms with van der Waals surface area (Å²) in [6, 6.07) is 1.66. The minimum atomic E-state index is -0.286. The highest BCUT2D eigenvalue weighted by atomic mass is 16.2. The van der Waals surface area contributed by atoms with Gasteiger partial charge >= 0.3 is 5.69 Å². The van der Waals surface area contributed by atoms with Crippen LogP contribution in [0.3, 0.4) is 0 Å². The van der Waals surface area contributed by atoms with Crippen LogP contribution in [0.2, 0.25) is 0 Å². The van der Waals surface area contributed by atoms with Gasteiger partial charge in [-0.25, -0.2) is 9.78 Å². The quantitative estimate of drug-likeness (QED) is 0.821. The van der Waals surface area contributed by atoms with Crippen molar-refractivity contribution in [3.05, 3.63) is 51.3 Å². The van der Waals surface area contributed by atoms with E-state index in [1.807, 2.05) is 25.3 Å². The Morgan fingerprint density at radius 2 is 2.05 bits per heavy atom. The predicted octanol–water partition coefficient (Wildman–Crippen LogP) is 0.856. The van der Waals surface area contributed by atoms with E-state index in [4.69, 9.17) is 0 Å². The Morgan fingerprint density at radius 3 is 2.68 bits per heavy atom. The Balaban J connectivity index is 2.47. The standard InChI is InChI=1S/C13H18N4O2/c1-4-15-6-5-12(18)16(13(15)19)8-11-7-14-9-17(11)10(2)3/h5-7,9-10H,4,8H2,1-3H3. The maximum atomic E-state index is 12.1. The van der Waals surface area contributed by atoms with E-state index in [9.17, 15) is 9.59 Å². The first-order chi connectivity index (χ1) is 9.04. The van der Waals surface area contributed by atoms with Crippen molar-refractivity contribution in [1.82, 2.24) is 18.7 Å². The van der Waals surface area contributed by atoms with E-state index in [0.717, 1.165) is 5.69 Å². The van der Waals surface area contributed by atoms with Crippen LogP contribution in [0.5, 0.6) is 0 Å². The highest BCUT2D eigenvalue weighted by Crippen LogP contribution is 2.08. The lowest BCUT2D eigenvalue weighted by Crippen LogP contribution is -2.39. The number of hydrogen-bond acceptors (Lipinski definition) is 3. The van der Waals surface area contributed by atoms with E-state index < -0.39 is 0 Å². The minimum absolute atomic E-state index is 0.241. The van der Waals surface area contributed by atoms with E-state index in [1.165, 1.54) is 21.4 Å². The van der Waals surface area contributed by atoms with Crippen molar-refractivity contribution in [3.63, 3.8) is 0 Å². The van der Waals surface area contributed by atoms with Crippen LogP contribution in [0, 0.1) is 0 Å². The molecule has 0 unspecified atom stereocenters. The number of rotatable bonds is 4. The Labute approximate surface area is 110 Å². The van der Waals surface area contributed by atoms with Gasteiger partial charge < -0.3 is 9.13 Å². The molecule has 2 aromatic rings.